The molecule has 1 amide bonds. The quantitative estimate of drug-likeness (QED) is 0.797. The van der Waals surface area contributed by atoms with E-state index in [0.717, 1.165) is 10.0 Å². The molecule has 1 saturated heterocycles. The standard InChI is InChI=1S/C16H22BrNO3S/c1-11(2)15(12-4-6-13(17)7-5-12)16(19)18(3)14-8-9-22(20,21)10-14/h4-7,11,14-15H,8-10H2,1-3H3. The lowest BCUT2D eigenvalue weighted by molar-refractivity contribution is -0.134. The molecule has 1 aliphatic rings. The molecule has 122 valence electrons. The molecule has 1 heterocycles. The number of sulfone groups is 1. The molecule has 0 N–H and O–H groups in total. The number of likely N-dealkylation sites (N-methyl/N-ethyl adjacent to an activating group) is 1. The molecular weight excluding hydrogens is 366 g/mol. The van der Waals surface area contributed by atoms with E-state index in [1.54, 1.807) is 11.9 Å². The van der Waals surface area contributed by atoms with Gasteiger partial charge >= 0.3 is 0 Å². The molecule has 1 aromatic carbocycles. The molecule has 1 fully saturated rings. The maximum atomic E-state index is 12.9. The predicted molar refractivity (Wildman–Crippen MR) is 91.5 cm³/mol. The molecule has 0 aromatic heterocycles. The van der Waals surface area contributed by atoms with E-state index in [9.17, 15) is 13.2 Å². The van der Waals surface area contributed by atoms with Gasteiger partial charge in [-0.3, -0.25) is 4.79 Å². The molecule has 0 spiro atoms. The van der Waals surface area contributed by atoms with Gasteiger partial charge < -0.3 is 4.90 Å². The zero-order chi connectivity index (χ0) is 16.5. The Morgan fingerprint density at radius 3 is 2.32 bits per heavy atom. The first-order chi connectivity index (χ1) is 10.2. The van der Waals surface area contributed by atoms with Gasteiger partial charge in [-0.2, -0.15) is 0 Å². The highest BCUT2D eigenvalue weighted by molar-refractivity contribution is 9.10. The predicted octanol–water partition coefficient (Wildman–Crippen LogP) is 2.83. The number of carbonyl (C=O) groups is 1. The van der Waals surface area contributed by atoms with Crippen LogP contribution in [0.2, 0.25) is 0 Å². The van der Waals surface area contributed by atoms with Crippen LogP contribution in [0.5, 0.6) is 0 Å². The SMILES string of the molecule is CC(C)C(C(=O)N(C)C1CCS(=O)(=O)C1)c1ccc(Br)cc1. The van der Waals surface area contributed by atoms with Crippen molar-refractivity contribution in [2.75, 3.05) is 18.6 Å². The Balaban J connectivity index is 2.21. The fourth-order valence-electron chi connectivity index (χ4n) is 2.96. The van der Waals surface area contributed by atoms with Gasteiger partial charge in [-0.25, -0.2) is 8.42 Å². The third-order valence-corrected chi connectivity index (χ3v) is 6.54. The van der Waals surface area contributed by atoms with Gasteiger partial charge in [0.05, 0.1) is 17.4 Å². The van der Waals surface area contributed by atoms with Crippen molar-refractivity contribution in [3.05, 3.63) is 34.3 Å². The van der Waals surface area contributed by atoms with Crippen LogP contribution in [0.25, 0.3) is 0 Å². The van der Waals surface area contributed by atoms with Gasteiger partial charge in [-0.15, -0.1) is 0 Å². The monoisotopic (exact) mass is 387 g/mol. The average Bonchev–Trinajstić information content (AvgIpc) is 2.80. The Morgan fingerprint density at radius 2 is 1.86 bits per heavy atom. The van der Waals surface area contributed by atoms with Crippen molar-refractivity contribution in [3.63, 3.8) is 0 Å². The normalized spacial score (nSPS) is 21.8. The lowest BCUT2D eigenvalue weighted by Gasteiger charge is -2.30. The molecule has 0 aliphatic carbocycles. The molecule has 2 unspecified atom stereocenters. The van der Waals surface area contributed by atoms with Crippen LogP contribution in [0.15, 0.2) is 28.7 Å². The van der Waals surface area contributed by atoms with E-state index in [1.165, 1.54) is 0 Å². The van der Waals surface area contributed by atoms with E-state index in [2.05, 4.69) is 15.9 Å². The number of hydrogen-bond donors (Lipinski definition) is 0. The number of nitrogens with zero attached hydrogens (tertiary/aromatic N) is 1. The maximum Gasteiger partial charge on any atom is 0.230 e. The van der Waals surface area contributed by atoms with E-state index in [4.69, 9.17) is 0 Å². The smallest absolute Gasteiger partial charge is 0.230 e. The fourth-order valence-corrected chi connectivity index (χ4v) is 5.00. The molecule has 6 heteroatoms. The van der Waals surface area contributed by atoms with E-state index in [1.807, 2.05) is 38.1 Å². The Hall–Kier alpha value is -0.880. The van der Waals surface area contributed by atoms with Gasteiger partial charge in [0.1, 0.15) is 0 Å². The van der Waals surface area contributed by atoms with Gasteiger partial charge in [-0.05, 0) is 30.0 Å². The van der Waals surface area contributed by atoms with Gasteiger partial charge in [0.25, 0.3) is 0 Å². The summed E-state index contributed by atoms with van der Waals surface area (Å²) in [6.45, 7) is 4.04. The molecule has 0 bridgehead atoms. The van der Waals surface area contributed by atoms with Crippen molar-refractivity contribution >= 4 is 31.7 Å². The van der Waals surface area contributed by atoms with Crippen molar-refractivity contribution in [2.24, 2.45) is 5.92 Å². The van der Waals surface area contributed by atoms with Crippen molar-refractivity contribution in [3.8, 4) is 0 Å². The van der Waals surface area contributed by atoms with Crippen molar-refractivity contribution in [1.82, 2.24) is 4.90 Å². The average molecular weight is 388 g/mol. The van der Waals surface area contributed by atoms with E-state index in [0.29, 0.717) is 6.42 Å². The first-order valence-electron chi connectivity index (χ1n) is 7.44. The molecule has 22 heavy (non-hydrogen) atoms. The van der Waals surface area contributed by atoms with Gasteiger partial charge in [0, 0.05) is 17.6 Å². The minimum Gasteiger partial charge on any atom is -0.341 e. The summed E-state index contributed by atoms with van der Waals surface area (Å²) in [5, 5.41) is 0. The van der Waals surface area contributed by atoms with Gasteiger partial charge in [-0.1, -0.05) is 41.9 Å². The molecule has 2 rings (SSSR count). The minimum atomic E-state index is -2.99. The van der Waals surface area contributed by atoms with Crippen LogP contribution < -0.4 is 0 Å². The topological polar surface area (TPSA) is 54.5 Å². The van der Waals surface area contributed by atoms with E-state index < -0.39 is 9.84 Å². The van der Waals surface area contributed by atoms with E-state index in [-0.39, 0.29) is 35.3 Å². The number of amides is 1. The maximum absolute atomic E-state index is 12.9. The Kier molecular flexibility index (Phi) is 5.33. The third kappa shape index (κ3) is 3.90. The third-order valence-electron chi connectivity index (χ3n) is 4.27. The zero-order valence-corrected chi connectivity index (χ0v) is 15.5. The van der Waals surface area contributed by atoms with Gasteiger partial charge in [0.2, 0.25) is 5.91 Å². The number of carbonyl (C=O) groups excluding carboxylic acids is 1. The number of halogens is 1. The summed E-state index contributed by atoms with van der Waals surface area (Å²) >= 11 is 3.40. The second-order valence-electron chi connectivity index (χ2n) is 6.28. The number of hydrogen-bond acceptors (Lipinski definition) is 3. The summed E-state index contributed by atoms with van der Waals surface area (Å²) in [7, 11) is -1.27. The molecule has 1 aromatic rings. The van der Waals surface area contributed by atoms with Crippen LogP contribution in [0.4, 0.5) is 0 Å². The first kappa shape index (κ1) is 17.5. The number of benzene rings is 1. The molecule has 2 atom stereocenters. The molecular formula is C16H22BrNO3S. The van der Waals surface area contributed by atoms with Crippen LogP contribution in [0.3, 0.4) is 0 Å². The molecule has 0 radical (unpaired) electrons. The Labute approximate surface area is 140 Å². The minimum absolute atomic E-state index is 0.000535. The Bertz CT molecular complexity index is 640. The van der Waals surface area contributed by atoms with Crippen molar-refractivity contribution in [1.29, 1.82) is 0 Å². The Morgan fingerprint density at radius 1 is 1.27 bits per heavy atom. The highest BCUT2D eigenvalue weighted by Gasteiger charge is 2.36. The van der Waals surface area contributed by atoms with Gasteiger partial charge in [0.15, 0.2) is 9.84 Å². The number of rotatable bonds is 4. The van der Waals surface area contributed by atoms with Crippen molar-refractivity contribution in [2.45, 2.75) is 32.2 Å². The second kappa shape index (κ2) is 6.71. The summed E-state index contributed by atoms with van der Waals surface area (Å²) in [5.41, 5.74) is 0.968. The molecule has 1 aliphatic heterocycles. The summed E-state index contributed by atoms with van der Waals surface area (Å²) in [6.07, 6.45) is 0.537. The highest BCUT2D eigenvalue weighted by atomic mass is 79.9. The largest absolute Gasteiger partial charge is 0.341 e. The second-order valence-corrected chi connectivity index (χ2v) is 9.42. The molecule has 0 saturated carbocycles. The summed E-state index contributed by atoms with van der Waals surface area (Å²) < 4.78 is 24.2. The highest BCUT2D eigenvalue weighted by Crippen LogP contribution is 2.29. The van der Waals surface area contributed by atoms with Crippen LogP contribution in [-0.2, 0) is 14.6 Å². The zero-order valence-electron chi connectivity index (χ0n) is 13.1. The van der Waals surface area contributed by atoms with Crippen molar-refractivity contribution < 1.29 is 13.2 Å². The lowest BCUT2D eigenvalue weighted by atomic mass is 9.87. The van der Waals surface area contributed by atoms with Crippen LogP contribution >= 0.6 is 15.9 Å². The van der Waals surface area contributed by atoms with Crippen LogP contribution in [0.1, 0.15) is 31.7 Å². The summed E-state index contributed by atoms with van der Waals surface area (Å²) in [5.74, 6) is 0.162. The van der Waals surface area contributed by atoms with E-state index >= 15 is 0 Å². The lowest BCUT2D eigenvalue weighted by Crippen LogP contribution is -2.41. The summed E-state index contributed by atoms with van der Waals surface area (Å²) in [4.78, 5) is 14.5. The van der Waals surface area contributed by atoms with Crippen LogP contribution in [-0.4, -0.2) is 43.8 Å². The fraction of sp³-hybridized carbons (Fsp3) is 0.562. The summed E-state index contributed by atoms with van der Waals surface area (Å²) in [6, 6.07) is 7.56. The molecule has 4 nitrogen and oxygen atoms in total. The first-order valence-corrected chi connectivity index (χ1v) is 10.1. The van der Waals surface area contributed by atoms with Crippen LogP contribution in [0, 0.1) is 5.92 Å².